The Bertz CT molecular complexity index is 1060. The van der Waals surface area contributed by atoms with Crippen molar-refractivity contribution in [2.45, 2.75) is 26.3 Å². The van der Waals surface area contributed by atoms with Crippen LogP contribution in [0.1, 0.15) is 30.6 Å². The highest BCUT2D eigenvalue weighted by Gasteiger charge is 2.22. The van der Waals surface area contributed by atoms with Crippen LogP contribution in [-0.2, 0) is 4.79 Å². The summed E-state index contributed by atoms with van der Waals surface area (Å²) in [4.78, 5) is 25.2. The molecule has 0 spiro atoms. The van der Waals surface area contributed by atoms with Crippen LogP contribution in [0.25, 0.3) is 16.9 Å². The fraction of sp³-hybridized carbons (Fsp3) is 0.261. The van der Waals surface area contributed by atoms with Crippen LogP contribution >= 0.6 is 0 Å². The Morgan fingerprint density at radius 3 is 2.61 bits per heavy atom. The molecule has 0 bridgehead atoms. The zero-order chi connectivity index (χ0) is 22.4. The first-order chi connectivity index (χ1) is 14.9. The fourth-order valence-corrected chi connectivity index (χ4v) is 2.99. The van der Waals surface area contributed by atoms with E-state index in [1.165, 1.54) is 16.8 Å². The Labute approximate surface area is 180 Å². The Kier molecular flexibility index (Phi) is 7.02. The molecule has 1 aromatic heterocycles. The van der Waals surface area contributed by atoms with Crippen molar-refractivity contribution in [2.24, 2.45) is 0 Å². The van der Waals surface area contributed by atoms with Crippen LogP contribution in [0.15, 0.2) is 54.7 Å². The van der Waals surface area contributed by atoms with E-state index in [0.717, 1.165) is 6.42 Å². The number of amides is 2. The lowest BCUT2D eigenvalue weighted by molar-refractivity contribution is -0.122. The van der Waals surface area contributed by atoms with Gasteiger partial charge in [0.15, 0.2) is 0 Å². The lowest BCUT2D eigenvalue weighted by Gasteiger charge is -2.13. The second kappa shape index (κ2) is 9.88. The highest BCUT2D eigenvalue weighted by molar-refractivity contribution is 6.02. The number of benzene rings is 2. The number of aromatic nitrogens is 2. The first kappa shape index (κ1) is 22.0. The van der Waals surface area contributed by atoms with E-state index in [4.69, 9.17) is 4.74 Å². The summed E-state index contributed by atoms with van der Waals surface area (Å²) in [5.41, 5.74) is 1.97. The molecule has 0 aliphatic carbocycles. The molecule has 8 heteroatoms. The average Bonchev–Trinajstić information content (AvgIpc) is 3.23. The molecule has 0 fully saturated rings. The van der Waals surface area contributed by atoms with E-state index in [1.807, 2.05) is 13.0 Å². The van der Waals surface area contributed by atoms with Crippen LogP contribution in [0.3, 0.4) is 0 Å². The molecule has 3 aromatic rings. The topological polar surface area (TPSA) is 85.3 Å². The molecule has 1 heterocycles. The number of carbonyl (C=O) groups is 2. The van der Waals surface area contributed by atoms with Gasteiger partial charge in [0.05, 0.1) is 18.4 Å². The summed E-state index contributed by atoms with van der Waals surface area (Å²) >= 11 is 0. The predicted octanol–water partition coefficient (Wildman–Crippen LogP) is 3.33. The summed E-state index contributed by atoms with van der Waals surface area (Å²) < 4.78 is 20.1. The van der Waals surface area contributed by atoms with Gasteiger partial charge in [0.25, 0.3) is 5.91 Å². The summed E-state index contributed by atoms with van der Waals surface area (Å²) in [5, 5.41) is 10.0. The minimum Gasteiger partial charge on any atom is -0.497 e. The van der Waals surface area contributed by atoms with Gasteiger partial charge in [-0.05, 0) is 49.7 Å². The number of methoxy groups -OCH3 is 1. The summed E-state index contributed by atoms with van der Waals surface area (Å²) in [5.74, 6) is -0.448. The summed E-state index contributed by atoms with van der Waals surface area (Å²) in [6.45, 7) is 4.11. The molecule has 1 atom stereocenters. The van der Waals surface area contributed by atoms with Crippen LogP contribution < -0.4 is 15.4 Å². The van der Waals surface area contributed by atoms with Crippen molar-refractivity contribution in [3.05, 3.63) is 66.1 Å². The maximum absolute atomic E-state index is 13.3. The quantitative estimate of drug-likeness (QED) is 0.581. The molecule has 7 nitrogen and oxygen atoms in total. The second-order valence-electron chi connectivity index (χ2n) is 7.03. The molecule has 2 amide bonds. The van der Waals surface area contributed by atoms with Gasteiger partial charge in [0, 0.05) is 18.3 Å². The largest absolute Gasteiger partial charge is 0.497 e. The van der Waals surface area contributed by atoms with Crippen molar-refractivity contribution in [1.82, 2.24) is 20.4 Å². The Morgan fingerprint density at radius 1 is 1.19 bits per heavy atom. The molecule has 0 unspecified atom stereocenters. The number of carbonyl (C=O) groups excluding carboxylic acids is 2. The number of ether oxygens (including phenoxy) is 1. The third kappa shape index (κ3) is 5.28. The first-order valence-corrected chi connectivity index (χ1v) is 10.0. The molecule has 162 valence electrons. The molecule has 31 heavy (non-hydrogen) atoms. The van der Waals surface area contributed by atoms with Gasteiger partial charge in [-0.2, -0.15) is 5.10 Å². The molecule has 3 rings (SSSR count). The van der Waals surface area contributed by atoms with Gasteiger partial charge in [-0.1, -0.05) is 19.1 Å². The molecule has 2 aromatic carbocycles. The predicted molar refractivity (Wildman–Crippen MR) is 116 cm³/mol. The molecule has 2 N–H and O–H groups in total. The van der Waals surface area contributed by atoms with E-state index in [1.54, 1.807) is 50.6 Å². The number of nitrogens with zero attached hydrogens (tertiary/aromatic N) is 2. The lowest BCUT2D eigenvalue weighted by atomic mass is 10.1. The summed E-state index contributed by atoms with van der Waals surface area (Å²) in [6, 6.07) is 12.2. The third-order valence-electron chi connectivity index (χ3n) is 4.68. The van der Waals surface area contributed by atoms with Gasteiger partial charge in [-0.3, -0.25) is 9.59 Å². The van der Waals surface area contributed by atoms with Gasteiger partial charge < -0.3 is 15.4 Å². The van der Waals surface area contributed by atoms with Gasteiger partial charge in [-0.25, -0.2) is 9.07 Å². The molecular formula is C23H25FN4O3. The van der Waals surface area contributed by atoms with E-state index < -0.39 is 11.9 Å². The SMILES string of the molecule is CCCNC(=O)[C@H](C)NC(=O)c1cn(-c2ccc(F)cc2)nc1-c1cccc(OC)c1. The van der Waals surface area contributed by atoms with Crippen LogP contribution in [0.4, 0.5) is 4.39 Å². The lowest BCUT2D eigenvalue weighted by Crippen LogP contribution is -2.45. The standard InChI is InChI=1S/C23H25FN4O3/c1-4-12-25-22(29)15(2)26-23(30)20-14-28(18-10-8-17(24)9-11-18)27-21(20)16-6-5-7-19(13-16)31-3/h5-11,13-15H,4,12H2,1-3H3,(H,25,29)(H,26,30)/t15-/m0/s1. The number of nitrogens with one attached hydrogen (secondary N) is 2. The van der Waals surface area contributed by atoms with Gasteiger partial charge in [0.1, 0.15) is 23.3 Å². The van der Waals surface area contributed by atoms with Gasteiger partial charge in [-0.15, -0.1) is 0 Å². The monoisotopic (exact) mass is 424 g/mol. The van der Waals surface area contributed by atoms with Crippen molar-refractivity contribution in [3.63, 3.8) is 0 Å². The maximum atomic E-state index is 13.3. The number of hydrogen-bond acceptors (Lipinski definition) is 4. The normalized spacial score (nSPS) is 11.6. The minimum atomic E-state index is -0.716. The van der Waals surface area contributed by atoms with E-state index in [0.29, 0.717) is 29.2 Å². The van der Waals surface area contributed by atoms with Gasteiger partial charge >= 0.3 is 0 Å². The van der Waals surface area contributed by atoms with Crippen LogP contribution in [-0.4, -0.2) is 41.3 Å². The zero-order valence-corrected chi connectivity index (χ0v) is 17.7. The van der Waals surface area contributed by atoms with Crippen molar-refractivity contribution < 1.29 is 18.7 Å². The molecular weight excluding hydrogens is 399 g/mol. The number of rotatable bonds is 8. The van der Waals surface area contributed by atoms with E-state index in [9.17, 15) is 14.0 Å². The van der Waals surface area contributed by atoms with Crippen molar-refractivity contribution in [1.29, 1.82) is 0 Å². The van der Waals surface area contributed by atoms with Crippen molar-refractivity contribution >= 4 is 11.8 Å². The van der Waals surface area contributed by atoms with Gasteiger partial charge in [0.2, 0.25) is 5.91 Å². The number of halogens is 1. The average molecular weight is 424 g/mol. The Balaban J connectivity index is 1.97. The zero-order valence-electron chi connectivity index (χ0n) is 17.7. The van der Waals surface area contributed by atoms with Crippen molar-refractivity contribution in [2.75, 3.05) is 13.7 Å². The minimum absolute atomic E-state index is 0.260. The molecule has 0 radical (unpaired) electrons. The smallest absolute Gasteiger partial charge is 0.255 e. The molecule has 0 aliphatic heterocycles. The highest BCUT2D eigenvalue weighted by atomic mass is 19.1. The number of hydrogen-bond donors (Lipinski definition) is 2. The van der Waals surface area contributed by atoms with Crippen LogP contribution in [0.2, 0.25) is 0 Å². The molecule has 0 saturated heterocycles. The first-order valence-electron chi connectivity index (χ1n) is 10.0. The maximum Gasteiger partial charge on any atom is 0.255 e. The Hall–Kier alpha value is -3.68. The van der Waals surface area contributed by atoms with E-state index >= 15 is 0 Å². The Morgan fingerprint density at radius 2 is 1.94 bits per heavy atom. The van der Waals surface area contributed by atoms with Crippen LogP contribution in [0, 0.1) is 5.82 Å². The van der Waals surface area contributed by atoms with Crippen LogP contribution in [0.5, 0.6) is 5.75 Å². The molecule has 0 saturated carbocycles. The fourth-order valence-electron chi connectivity index (χ4n) is 2.99. The third-order valence-corrected chi connectivity index (χ3v) is 4.68. The van der Waals surface area contributed by atoms with E-state index in [-0.39, 0.29) is 17.3 Å². The molecule has 0 aliphatic rings. The summed E-state index contributed by atoms with van der Waals surface area (Å²) in [6.07, 6.45) is 2.37. The van der Waals surface area contributed by atoms with E-state index in [2.05, 4.69) is 15.7 Å². The van der Waals surface area contributed by atoms with Crippen molar-refractivity contribution in [3.8, 4) is 22.7 Å². The highest BCUT2D eigenvalue weighted by Crippen LogP contribution is 2.27. The second-order valence-corrected chi connectivity index (χ2v) is 7.03. The summed E-state index contributed by atoms with van der Waals surface area (Å²) in [7, 11) is 1.56.